The lowest BCUT2D eigenvalue weighted by Crippen LogP contribution is -2.38. The summed E-state index contributed by atoms with van der Waals surface area (Å²) in [6, 6.07) is 6.02. The molecule has 5 heteroatoms. The Labute approximate surface area is 123 Å². The Kier molecular flexibility index (Phi) is 4.73. The third-order valence-corrected chi connectivity index (χ3v) is 3.37. The number of amides is 1. The van der Waals surface area contributed by atoms with Crippen LogP contribution < -0.4 is 0 Å². The molecule has 21 heavy (non-hydrogen) atoms. The van der Waals surface area contributed by atoms with E-state index >= 15 is 0 Å². The normalized spacial score (nSPS) is 14.7. The van der Waals surface area contributed by atoms with Gasteiger partial charge in [-0.3, -0.25) is 9.59 Å². The minimum absolute atomic E-state index is 0.0331. The predicted octanol–water partition coefficient (Wildman–Crippen LogP) is 2.39. The molecule has 0 saturated heterocycles. The van der Waals surface area contributed by atoms with Crippen LogP contribution in [0.4, 0.5) is 4.39 Å². The number of halogens is 1. The monoisotopic (exact) mass is 291 g/mol. The number of carbonyl (C=O) groups is 2. The molecular weight excluding hydrogens is 273 g/mol. The van der Waals surface area contributed by atoms with Gasteiger partial charge in [0.1, 0.15) is 12.4 Å². The Hall–Kier alpha value is -2.17. The van der Waals surface area contributed by atoms with Gasteiger partial charge in [0, 0.05) is 11.6 Å². The fourth-order valence-corrected chi connectivity index (χ4v) is 2.05. The number of ether oxygens (including phenoxy) is 1. The van der Waals surface area contributed by atoms with Crippen molar-refractivity contribution in [3.63, 3.8) is 0 Å². The fourth-order valence-electron chi connectivity index (χ4n) is 2.05. The zero-order chi connectivity index (χ0) is 15.4. The average molecular weight is 291 g/mol. The first-order valence-electron chi connectivity index (χ1n) is 6.83. The Morgan fingerprint density at radius 3 is 2.48 bits per heavy atom. The van der Waals surface area contributed by atoms with E-state index in [2.05, 4.69) is 4.74 Å². The SMILES string of the molecule is COC(=O)CN(C(=O)C(C)=Cc1ccc(F)cc1)C1CC1. The van der Waals surface area contributed by atoms with Gasteiger partial charge in [-0.05, 0) is 43.5 Å². The molecule has 1 fully saturated rings. The van der Waals surface area contributed by atoms with Crippen LogP contribution in [0.15, 0.2) is 29.8 Å². The average Bonchev–Trinajstić information content (AvgIpc) is 3.30. The van der Waals surface area contributed by atoms with E-state index in [1.165, 1.54) is 19.2 Å². The highest BCUT2D eigenvalue weighted by Gasteiger charge is 2.34. The summed E-state index contributed by atoms with van der Waals surface area (Å²) in [6.45, 7) is 1.66. The number of carbonyl (C=O) groups excluding carboxylic acids is 2. The van der Waals surface area contributed by atoms with E-state index in [1.807, 2.05) is 0 Å². The topological polar surface area (TPSA) is 46.6 Å². The molecule has 112 valence electrons. The van der Waals surface area contributed by atoms with Crippen LogP contribution in [0.2, 0.25) is 0 Å². The van der Waals surface area contributed by atoms with Crippen LogP contribution in [0.5, 0.6) is 0 Å². The van der Waals surface area contributed by atoms with Crippen molar-refractivity contribution in [3.8, 4) is 0 Å². The van der Waals surface area contributed by atoms with Gasteiger partial charge in [-0.15, -0.1) is 0 Å². The zero-order valence-electron chi connectivity index (χ0n) is 12.1. The van der Waals surface area contributed by atoms with E-state index in [0.717, 1.165) is 18.4 Å². The van der Waals surface area contributed by atoms with E-state index < -0.39 is 5.97 Å². The highest BCUT2D eigenvalue weighted by Crippen LogP contribution is 2.28. The Morgan fingerprint density at radius 1 is 1.33 bits per heavy atom. The summed E-state index contributed by atoms with van der Waals surface area (Å²) in [5.41, 5.74) is 1.26. The molecule has 4 nitrogen and oxygen atoms in total. The summed E-state index contributed by atoms with van der Waals surface area (Å²) in [4.78, 5) is 25.4. The molecule has 0 spiro atoms. The minimum Gasteiger partial charge on any atom is -0.468 e. The lowest BCUT2D eigenvalue weighted by Gasteiger charge is -2.21. The summed E-state index contributed by atoms with van der Waals surface area (Å²) in [5.74, 6) is -0.932. The molecule has 0 aliphatic heterocycles. The number of hydrogen-bond donors (Lipinski definition) is 0. The number of esters is 1. The molecule has 0 N–H and O–H groups in total. The molecule has 1 aliphatic carbocycles. The minimum atomic E-state index is -0.426. The quantitative estimate of drug-likeness (QED) is 0.618. The number of rotatable bonds is 5. The van der Waals surface area contributed by atoms with Crippen molar-refractivity contribution >= 4 is 18.0 Å². The van der Waals surface area contributed by atoms with Crippen LogP contribution in [-0.4, -0.2) is 36.5 Å². The van der Waals surface area contributed by atoms with E-state index in [9.17, 15) is 14.0 Å². The molecule has 0 aromatic heterocycles. The third kappa shape index (κ3) is 4.15. The lowest BCUT2D eigenvalue weighted by molar-refractivity contribution is -0.146. The molecule has 0 bridgehead atoms. The molecule has 0 heterocycles. The Balaban J connectivity index is 2.11. The van der Waals surface area contributed by atoms with Gasteiger partial charge < -0.3 is 9.64 Å². The van der Waals surface area contributed by atoms with E-state index in [0.29, 0.717) is 5.57 Å². The third-order valence-electron chi connectivity index (χ3n) is 3.37. The summed E-state index contributed by atoms with van der Waals surface area (Å²) >= 11 is 0. The second kappa shape index (κ2) is 6.52. The Morgan fingerprint density at radius 2 is 1.95 bits per heavy atom. The standard InChI is InChI=1S/C16H18FNO3/c1-11(9-12-3-5-13(17)6-4-12)16(20)18(14-7-8-14)10-15(19)21-2/h3-6,9,14H,7-8,10H2,1-2H3. The number of methoxy groups -OCH3 is 1. The van der Waals surface area contributed by atoms with E-state index in [-0.39, 0.29) is 24.3 Å². The van der Waals surface area contributed by atoms with Gasteiger partial charge in [-0.2, -0.15) is 0 Å². The molecule has 0 radical (unpaired) electrons. The maximum absolute atomic E-state index is 12.9. The van der Waals surface area contributed by atoms with Crippen molar-refractivity contribution in [2.24, 2.45) is 0 Å². The summed E-state index contributed by atoms with van der Waals surface area (Å²) in [5, 5.41) is 0. The van der Waals surface area contributed by atoms with Gasteiger partial charge >= 0.3 is 5.97 Å². The van der Waals surface area contributed by atoms with Crippen molar-refractivity contribution < 1.29 is 18.7 Å². The second-order valence-electron chi connectivity index (χ2n) is 5.12. The first-order valence-corrected chi connectivity index (χ1v) is 6.83. The number of hydrogen-bond acceptors (Lipinski definition) is 3. The van der Waals surface area contributed by atoms with E-state index in [1.54, 1.807) is 30.0 Å². The largest absolute Gasteiger partial charge is 0.468 e. The van der Waals surface area contributed by atoms with Gasteiger partial charge in [0.05, 0.1) is 7.11 Å². The van der Waals surface area contributed by atoms with Crippen LogP contribution in [0.3, 0.4) is 0 Å². The predicted molar refractivity (Wildman–Crippen MR) is 76.8 cm³/mol. The summed E-state index contributed by atoms with van der Waals surface area (Å²) in [6.07, 6.45) is 3.51. The summed E-state index contributed by atoms with van der Waals surface area (Å²) < 4.78 is 17.5. The fraction of sp³-hybridized carbons (Fsp3) is 0.375. The highest BCUT2D eigenvalue weighted by atomic mass is 19.1. The molecule has 1 aliphatic rings. The van der Waals surface area contributed by atoms with Crippen molar-refractivity contribution in [1.29, 1.82) is 0 Å². The van der Waals surface area contributed by atoms with Gasteiger partial charge in [0.2, 0.25) is 5.91 Å². The van der Waals surface area contributed by atoms with Crippen LogP contribution in [0.1, 0.15) is 25.3 Å². The molecule has 1 amide bonds. The first kappa shape index (κ1) is 15.2. The molecule has 0 unspecified atom stereocenters. The van der Waals surface area contributed by atoms with Crippen LogP contribution in [0.25, 0.3) is 6.08 Å². The van der Waals surface area contributed by atoms with Gasteiger partial charge in [0.15, 0.2) is 0 Å². The zero-order valence-corrected chi connectivity index (χ0v) is 12.1. The van der Waals surface area contributed by atoms with E-state index in [4.69, 9.17) is 0 Å². The van der Waals surface area contributed by atoms with Crippen LogP contribution >= 0.6 is 0 Å². The lowest BCUT2D eigenvalue weighted by atomic mass is 10.1. The molecular formula is C16H18FNO3. The van der Waals surface area contributed by atoms with Gasteiger partial charge in [-0.1, -0.05) is 12.1 Å². The number of nitrogens with zero attached hydrogens (tertiary/aromatic N) is 1. The van der Waals surface area contributed by atoms with Gasteiger partial charge in [-0.25, -0.2) is 4.39 Å². The van der Waals surface area contributed by atoms with Crippen LogP contribution in [0, 0.1) is 5.82 Å². The molecule has 1 saturated carbocycles. The molecule has 1 aromatic carbocycles. The van der Waals surface area contributed by atoms with Gasteiger partial charge in [0.25, 0.3) is 0 Å². The smallest absolute Gasteiger partial charge is 0.325 e. The van der Waals surface area contributed by atoms with Crippen LogP contribution in [-0.2, 0) is 14.3 Å². The highest BCUT2D eigenvalue weighted by molar-refractivity contribution is 5.99. The first-order chi connectivity index (χ1) is 10.0. The maximum atomic E-state index is 12.9. The van der Waals surface area contributed by atoms with Crippen molar-refractivity contribution in [2.45, 2.75) is 25.8 Å². The Bertz CT molecular complexity index is 561. The second-order valence-corrected chi connectivity index (χ2v) is 5.12. The van der Waals surface area contributed by atoms with Crippen molar-refractivity contribution in [3.05, 3.63) is 41.2 Å². The summed E-state index contributed by atoms with van der Waals surface area (Å²) in [7, 11) is 1.30. The molecule has 2 rings (SSSR count). The molecule has 1 aromatic rings. The van der Waals surface area contributed by atoms with Crippen molar-refractivity contribution in [1.82, 2.24) is 4.90 Å². The van der Waals surface area contributed by atoms with Crippen molar-refractivity contribution in [2.75, 3.05) is 13.7 Å². The number of benzene rings is 1. The maximum Gasteiger partial charge on any atom is 0.325 e. The molecule has 0 atom stereocenters.